The van der Waals surface area contributed by atoms with Gasteiger partial charge < -0.3 is 9.32 Å². The van der Waals surface area contributed by atoms with Gasteiger partial charge in [0, 0.05) is 24.5 Å². The summed E-state index contributed by atoms with van der Waals surface area (Å²) in [6.07, 6.45) is 2.94. The SMILES string of the molecule is Cc1occc1C(=O)N1CCC2(CCn3c2nn(Cc2cccs2)c(=O)c3=O)C1. The van der Waals surface area contributed by atoms with Gasteiger partial charge in [0.2, 0.25) is 0 Å². The molecule has 1 unspecified atom stereocenters. The summed E-state index contributed by atoms with van der Waals surface area (Å²) in [5.74, 6) is 1.15. The second kappa shape index (κ2) is 6.55. The number of carbonyl (C=O) groups excluding carboxylic acids is 1. The van der Waals surface area contributed by atoms with E-state index >= 15 is 0 Å². The highest BCUT2D eigenvalue weighted by Crippen LogP contribution is 2.41. The first-order valence-electron chi connectivity index (χ1n) is 9.57. The van der Waals surface area contributed by atoms with Crippen LogP contribution in [0.1, 0.15) is 39.7 Å². The Hall–Kier alpha value is -2.94. The molecule has 3 aromatic rings. The average Bonchev–Trinajstić information content (AvgIpc) is 3.49. The Morgan fingerprint density at radius 2 is 2.07 bits per heavy atom. The van der Waals surface area contributed by atoms with Gasteiger partial charge in [0.1, 0.15) is 11.6 Å². The van der Waals surface area contributed by atoms with Crippen molar-refractivity contribution >= 4 is 17.2 Å². The van der Waals surface area contributed by atoms with Gasteiger partial charge >= 0.3 is 11.1 Å². The summed E-state index contributed by atoms with van der Waals surface area (Å²) in [5.41, 5.74) is -0.955. The molecule has 2 aliphatic rings. The lowest BCUT2D eigenvalue weighted by atomic mass is 9.85. The van der Waals surface area contributed by atoms with E-state index in [2.05, 4.69) is 5.10 Å². The van der Waals surface area contributed by atoms with Gasteiger partial charge in [-0.15, -0.1) is 11.3 Å². The van der Waals surface area contributed by atoms with Crippen molar-refractivity contribution in [2.75, 3.05) is 13.1 Å². The summed E-state index contributed by atoms with van der Waals surface area (Å²) in [4.78, 5) is 40.9. The normalized spacial score (nSPS) is 20.5. The van der Waals surface area contributed by atoms with Crippen molar-refractivity contribution in [3.05, 3.63) is 72.6 Å². The van der Waals surface area contributed by atoms with Gasteiger partial charge in [-0.3, -0.25) is 19.0 Å². The van der Waals surface area contributed by atoms with Crippen LogP contribution in [0.15, 0.2) is 43.8 Å². The molecule has 0 aromatic carbocycles. The Kier molecular flexibility index (Phi) is 4.09. The highest BCUT2D eigenvalue weighted by molar-refractivity contribution is 7.09. The van der Waals surface area contributed by atoms with Gasteiger partial charge in [0.15, 0.2) is 0 Å². The molecule has 0 saturated carbocycles. The Bertz CT molecular complexity index is 1210. The van der Waals surface area contributed by atoms with Crippen LogP contribution in [0.2, 0.25) is 0 Å². The number of aryl methyl sites for hydroxylation is 1. The van der Waals surface area contributed by atoms with Crippen LogP contribution in [0.25, 0.3) is 0 Å². The fourth-order valence-electron chi connectivity index (χ4n) is 4.44. The van der Waals surface area contributed by atoms with Gasteiger partial charge in [-0.25, -0.2) is 4.68 Å². The quantitative estimate of drug-likeness (QED) is 0.610. The minimum absolute atomic E-state index is 0.0687. The fourth-order valence-corrected chi connectivity index (χ4v) is 5.13. The number of nitrogens with zero attached hydrogens (tertiary/aromatic N) is 4. The molecule has 2 aliphatic heterocycles. The van der Waals surface area contributed by atoms with E-state index in [0.29, 0.717) is 43.2 Å². The second-order valence-corrected chi connectivity index (χ2v) is 8.75. The van der Waals surface area contributed by atoms with E-state index in [4.69, 9.17) is 4.42 Å². The molecule has 0 N–H and O–H groups in total. The zero-order chi connectivity index (χ0) is 20.2. The smallest absolute Gasteiger partial charge is 0.332 e. The summed E-state index contributed by atoms with van der Waals surface area (Å²) in [6.45, 7) is 3.59. The van der Waals surface area contributed by atoms with Crippen LogP contribution in [-0.4, -0.2) is 38.2 Å². The summed E-state index contributed by atoms with van der Waals surface area (Å²) in [6, 6.07) is 5.51. The van der Waals surface area contributed by atoms with E-state index in [1.165, 1.54) is 26.8 Å². The van der Waals surface area contributed by atoms with E-state index < -0.39 is 16.5 Å². The molecule has 5 heterocycles. The molecule has 1 fully saturated rings. The first kappa shape index (κ1) is 18.1. The number of furan rings is 1. The van der Waals surface area contributed by atoms with Crippen LogP contribution in [-0.2, 0) is 18.5 Å². The standard InChI is InChI=1S/C20H20N4O4S/c1-13-15(4-9-28-13)16(25)22-7-5-20(12-22)6-8-23-17(26)18(27)24(21-19(20)23)11-14-3-2-10-29-14/h2-4,9-10H,5-8,11-12H2,1H3. The van der Waals surface area contributed by atoms with Gasteiger partial charge in [0.05, 0.1) is 23.8 Å². The number of carbonyl (C=O) groups is 1. The van der Waals surface area contributed by atoms with E-state index in [1.807, 2.05) is 17.5 Å². The van der Waals surface area contributed by atoms with Crippen LogP contribution in [0.3, 0.4) is 0 Å². The minimum Gasteiger partial charge on any atom is -0.469 e. The number of amides is 1. The summed E-state index contributed by atoms with van der Waals surface area (Å²) in [5, 5.41) is 6.55. The minimum atomic E-state index is -0.598. The third-order valence-corrected chi connectivity index (χ3v) is 6.90. The highest BCUT2D eigenvalue weighted by atomic mass is 32.1. The molecule has 1 spiro atoms. The molecule has 8 nitrogen and oxygen atoms in total. The lowest BCUT2D eigenvalue weighted by Gasteiger charge is -2.23. The van der Waals surface area contributed by atoms with Crippen molar-refractivity contribution in [3.8, 4) is 0 Å². The zero-order valence-electron chi connectivity index (χ0n) is 16.0. The fraction of sp³-hybridized carbons (Fsp3) is 0.400. The van der Waals surface area contributed by atoms with Gasteiger partial charge in [-0.2, -0.15) is 5.10 Å². The van der Waals surface area contributed by atoms with Crippen LogP contribution < -0.4 is 11.1 Å². The van der Waals surface area contributed by atoms with Crippen molar-refractivity contribution in [2.45, 2.75) is 38.3 Å². The lowest BCUT2D eigenvalue weighted by molar-refractivity contribution is 0.0781. The second-order valence-electron chi connectivity index (χ2n) is 7.72. The van der Waals surface area contributed by atoms with E-state index in [9.17, 15) is 14.4 Å². The molecule has 0 radical (unpaired) electrons. The maximum absolute atomic E-state index is 12.9. The predicted molar refractivity (Wildman–Crippen MR) is 106 cm³/mol. The number of fused-ring (bicyclic) bond motifs is 2. The number of rotatable bonds is 3. The largest absolute Gasteiger partial charge is 0.469 e. The Morgan fingerprint density at radius 3 is 2.79 bits per heavy atom. The van der Waals surface area contributed by atoms with Crippen molar-refractivity contribution in [1.29, 1.82) is 0 Å². The maximum Gasteiger partial charge on any atom is 0.332 e. The maximum atomic E-state index is 12.9. The van der Waals surface area contributed by atoms with Crippen LogP contribution in [0.4, 0.5) is 0 Å². The molecule has 1 saturated heterocycles. The molecular formula is C20H20N4O4S. The topological polar surface area (TPSA) is 90.3 Å². The molecule has 0 aliphatic carbocycles. The number of aromatic nitrogens is 3. The molecule has 150 valence electrons. The molecule has 3 aromatic heterocycles. The van der Waals surface area contributed by atoms with Gasteiger partial charge in [-0.05, 0) is 37.3 Å². The summed E-state index contributed by atoms with van der Waals surface area (Å²) in [7, 11) is 0. The average molecular weight is 412 g/mol. The van der Waals surface area contributed by atoms with Crippen molar-refractivity contribution in [3.63, 3.8) is 0 Å². The van der Waals surface area contributed by atoms with Crippen LogP contribution >= 0.6 is 11.3 Å². The molecular weight excluding hydrogens is 392 g/mol. The van der Waals surface area contributed by atoms with E-state index in [1.54, 1.807) is 17.9 Å². The summed E-state index contributed by atoms with van der Waals surface area (Å²) >= 11 is 1.52. The molecule has 0 bridgehead atoms. The predicted octanol–water partition coefficient (Wildman–Crippen LogP) is 1.60. The first-order chi connectivity index (χ1) is 14.0. The number of thiophene rings is 1. The third-order valence-electron chi connectivity index (χ3n) is 6.04. The Labute approximate surface area is 170 Å². The molecule has 1 amide bonds. The molecule has 1 atom stereocenters. The lowest BCUT2D eigenvalue weighted by Crippen LogP contribution is -2.45. The Balaban J connectivity index is 1.50. The number of likely N-dealkylation sites (tertiary alicyclic amines) is 1. The number of hydrogen-bond donors (Lipinski definition) is 0. The summed E-state index contributed by atoms with van der Waals surface area (Å²) < 4.78 is 8.05. The third kappa shape index (κ3) is 2.79. The monoisotopic (exact) mass is 412 g/mol. The van der Waals surface area contributed by atoms with Gasteiger partial charge in [0.25, 0.3) is 5.91 Å². The van der Waals surface area contributed by atoms with Crippen molar-refractivity contribution in [1.82, 2.24) is 19.2 Å². The number of hydrogen-bond acceptors (Lipinski definition) is 6. The zero-order valence-corrected chi connectivity index (χ0v) is 16.8. The first-order valence-corrected chi connectivity index (χ1v) is 10.4. The highest BCUT2D eigenvalue weighted by Gasteiger charge is 2.48. The molecule has 29 heavy (non-hydrogen) atoms. The van der Waals surface area contributed by atoms with Crippen LogP contribution in [0.5, 0.6) is 0 Å². The van der Waals surface area contributed by atoms with Crippen molar-refractivity contribution in [2.24, 2.45) is 0 Å². The Morgan fingerprint density at radius 1 is 1.24 bits per heavy atom. The molecule has 9 heteroatoms. The van der Waals surface area contributed by atoms with Crippen molar-refractivity contribution < 1.29 is 9.21 Å². The van der Waals surface area contributed by atoms with E-state index in [0.717, 1.165) is 11.3 Å². The molecule has 5 rings (SSSR count). The van der Waals surface area contributed by atoms with Gasteiger partial charge in [-0.1, -0.05) is 6.07 Å². The van der Waals surface area contributed by atoms with E-state index in [-0.39, 0.29) is 12.5 Å². The van der Waals surface area contributed by atoms with Crippen LogP contribution in [0, 0.1) is 6.92 Å².